The number of ketones is 1. The monoisotopic (exact) mass is 251 g/mol. The van der Waals surface area contributed by atoms with Gasteiger partial charge in [0.2, 0.25) is 0 Å². The van der Waals surface area contributed by atoms with Gasteiger partial charge in [-0.3, -0.25) is 9.78 Å². The van der Waals surface area contributed by atoms with Crippen molar-refractivity contribution >= 4 is 28.7 Å². The van der Waals surface area contributed by atoms with E-state index < -0.39 is 0 Å². The predicted octanol–water partition coefficient (Wildman–Crippen LogP) is 3.53. The number of Topliss-reactive ketones (excluding diaryl/α,β-unsaturated/α-hetero) is 1. The molecule has 0 radical (unpaired) electrons. The van der Waals surface area contributed by atoms with Crippen LogP contribution in [0.2, 0.25) is 5.02 Å². The summed E-state index contributed by atoms with van der Waals surface area (Å²) in [6.45, 7) is 1.97. The predicted molar refractivity (Wildman–Crippen MR) is 66.3 cm³/mol. The Balaban J connectivity index is 2.14. The molecule has 2 aromatic rings. The van der Waals surface area contributed by atoms with Crippen LogP contribution >= 0.6 is 22.9 Å². The maximum atomic E-state index is 11.9. The maximum absolute atomic E-state index is 11.9. The Morgan fingerprint density at radius 2 is 2.25 bits per heavy atom. The average molecular weight is 252 g/mol. The summed E-state index contributed by atoms with van der Waals surface area (Å²) < 4.78 is 0. The van der Waals surface area contributed by atoms with Crippen molar-refractivity contribution in [2.75, 3.05) is 0 Å². The number of pyridine rings is 1. The third-order valence-corrected chi connectivity index (χ3v) is 3.57. The highest BCUT2D eigenvalue weighted by atomic mass is 35.5. The van der Waals surface area contributed by atoms with Gasteiger partial charge in [0.05, 0.1) is 16.3 Å². The Hall–Kier alpha value is -1.19. The van der Waals surface area contributed by atoms with Crippen LogP contribution in [0.4, 0.5) is 0 Å². The molecule has 0 amide bonds. The van der Waals surface area contributed by atoms with E-state index in [2.05, 4.69) is 4.98 Å². The molecule has 0 unspecified atom stereocenters. The summed E-state index contributed by atoms with van der Waals surface area (Å²) in [6.07, 6.45) is 2.07. The zero-order valence-corrected chi connectivity index (χ0v) is 10.3. The van der Waals surface area contributed by atoms with Crippen molar-refractivity contribution in [3.05, 3.63) is 50.9 Å². The number of aromatic nitrogens is 1. The minimum atomic E-state index is 0.0244. The Labute approximate surface area is 103 Å². The zero-order valence-electron chi connectivity index (χ0n) is 8.74. The fraction of sp³-hybridized carbons (Fsp3) is 0.167. The molecule has 2 rings (SSSR count). The van der Waals surface area contributed by atoms with E-state index >= 15 is 0 Å². The number of carbonyl (C=O) groups is 1. The number of nitrogens with zero attached hydrogens (tertiary/aromatic N) is 1. The summed E-state index contributed by atoms with van der Waals surface area (Å²) in [5.74, 6) is 0.0244. The van der Waals surface area contributed by atoms with Gasteiger partial charge in [0.15, 0.2) is 5.78 Å². The summed E-state index contributed by atoms with van der Waals surface area (Å²) in [6, 6.07) is 5.56. The molecule has 2 heterocycles. The molecule has 0 spiro atoms. The molecule has 0 bridgehead atoms. The molecule has 0 atom stereocenters. The lowest BCUT2D eigenvalue weighted by Crippen LogP contribution is -2.03. The van der Waals surface area contributed by atoms with Gasteiger partial charge in [-0.05, 0) is 30.0 Å². The van der Waals surface area contributed by atoms with Crippen LogP contribution in [0.15, 0.2) is 29.8 Å². The van der Waals surface area contributed by atoms with Crippen molar-refractivity contribution in [2.24, 2.45) is 0 Å². The minimum Gasteiger partial charge on any atom is -0.293 e. The molecule has 0 fully saturated rings. The van der Waals surface area contributed by atoms with E-state index in [0.717, 1.165) is 11.3 Å². The van der Waals surface area contributed by atoms with E-state index in [1.807, 2.05) is 24.4 Å². The normalized spacial score (nSPS) is 10.4. The Morgan fingerprint density at radius 3 is 2.81 bits per heavy atom. The Kier molecular flexibility index (Phi) is 3.36. The number of aryl methyl sites for hydroxylation is 1. The van der Waals surface area contributed by atoms with Crippen LogP contribution in [0.5, 0.6) is 0 Å². The molecule has 0 aliphatic carbocycles. The molecule has 0 aliphatic rings. The molecule has 0 saturated carbocycles. The molecule has 0 saturated heterocycles. The fourth-order valence-electron chi connectivity index (χ4n) is 1.34. The lowest BCUT2D eigenvalue weighted by atomic mass is 10.1. The molecule has 2 aromatic heterocycles. The minimum absolute atomic E-state index is 0.0244. The van der Waals surface area contributed by atoms with E-state index in [4.69, 9.17) is 11.6 Å². The van der Waals surface area contributed by atoms with E-state index in [-0.39, 0.29) is 5.78 Å². The van der Waals surface area contributed by atoms with Crippen LogP contribution in [0.1, 0.15) is 20.9 Å². The number of rotatable bonds is 3. The summed E-state index contributed by atoms with van der Waals surface area (Å²) in [5, 5.41) is 2.35. The van der Waals surface area contributed by atoms with Crippen LogP contribution < -0.4 is 0 Å². The second-order valence-corrected chi connectivity index (χ2v) is 4.85. The van der Waals surface area contributed by atoms with Crippen molar-refractivity contribution in [1.29, 1.82) is 0 Å². The van der Waals surface area contributed by atoms with E-state index in [9.17, 15) is 4.79 Å². The molecule has 82 valence electrons. The highest BCUT2D eigenvalue weighted by Gasteiger charge is 2.12. The third-order valence-electron chi connectivity index (χ3n) is 2.18. The zero-order chi connectivity index (χ0) is 11.5. The van der Waals surface area contributed by atoms with Crippen molar-refractivity contribution in [3.63, 3.8) is 0 Å². The maximum Gasteiger partial charge on any atom is 0.180 e. The van der Waals surface area contributed by atoms with Crippen LogP contribution in [0.25, 0.3) is 0 Å². The molecule has 4 heteroatoms. The first-order chi connectivity index (χ1) is 7.66. The molecule has 0 aliphatic heterocycles. The third kappa shape index (κ3) is 2.49. The van der Waals surface area contributed by atoms with Gasteiger partial charge >= 0.3 is 0 Å². The van der Waals surface area contributed by atoms with Gasteiger partial charge in [-0.1, -0.05) is 17.7 Å². The first kappa shape index (κ1) is 11.3. The van der Waals surface area contributed by atoms with Gasteiger partial charge < -0.3 is 0 Å². The fourth-order valence-corrected chi connectivity index (χ4v) is 2.44. The van der Waals surface area contributed by atoms with Crippen molar-refractivity contribution in [1.82, 2.24) is 4.98 Å². The van der Waals surface area contributed by atoms with Gasteiger partial charge in [0.1, 0.15) is 0 Å². The summed E-state index contributed by atoms with van der Waals surface area (Å²) >= 11 is 7.27. The SMILES string of the molecule is Cc1ccc(CC(=O)c2sccc2Cl)nc1. The molecular weight excluding hydrogens is 242 g/mol. The van der Waals surface area contributed by atoms with Crippen LogP contribution in [-0.4, -0.2) is 10.8 Å². The number of hydrogen-bond donors (Lipinski definition) is 0. The van der Waals surface area contributed by atoms with Gasteiger partial charge in [-0.15, -0.1) is 11.3 Å². The van der Waals surface area contributed by atoms with Gasteiger partial charge in [0, 0.05) is 11.9 Å². The molecule has 0 aromatic carbocycles. The quantitative estimate of drug-likeness (QED) is 0.781. The summed E-state index contributed by atoms with van der Waals surface area (Å²) in [4.78, 5) is 16.7. The highest BCUT2D eigenvalue weighted by molar-refractivity contribution is 7.12. The topological polar surface area (TPSA) is 30.0 Å². The van der Waals surface area contributed by atoms with E-state index in [1.54, 1.807) is 12.3 Å². The highest BCUT2D eigenvalue weighted by Crippen LogP contribution is 2.23. The second-order valence-electron chi connectivity index (χ2n) is 3.52. The molecule has 0 N–H and O–H groups in total. The van der Waals surface area contributed by atoms with Crippen LogP contribution in [0, 0.1) is 6.92 Å². The number of halogens is 1. The van der Waals surface area contributed by atoms with Gasteiger partial charge in [-0.25, -0.2) is 0 Å². The Morgan fingerprint density at radius 1 is 1.44 bits per heavy atom. The molecule has 2 nitrogen and oxygen atoms in total. The van der Waals surface area contributed by atoms with Crippen molar-refractivity contribution in [2.45, 2.75) is 13.3 Å². The molecule has 16 heavy (non-hydrogen) atoms. The lowest BCUT2D eigenvalue weighted by Gasteiger charge is -1.99. The van der Waals surface area contributed by atoms with Crippen LogP contribution in [0.3, 0.4) is 0 Å². The lowest BCUT2D eigenvalue weighted by molar-refractivity contribution is 0.0996. The smallest absolute Gasteiger partial charge is 0.180 e. The molecular formula is C12H10ClNOS. The largest absolute Gasteiger partial charge is 0.293 e. The van der Waals surface area contributed by atoms with Gasteiger partial charge in [-0.2, -0.15) is 0 Å². The summed E-state index contributed by atoms with van der Waals surface area (Å²) in [7, 11) is 0. The number of thiophene rings is 1. The second kappa shape index (κ2) is 4.76. The van der Waals surface area contributed by atoms with E-state index in [1.165, 1.54) is 11.3 Å². The van der Waals surface area contributed by atoms with Crippen molar-refractivity contribution < 1.29 is 4.79 Å². The number of carbonyl (C=O) groups excluding carboxylic acids is 1. The standard InChI is InChI=1S/C12H10ClNOS/c1-8-2-3-9(14-7-8)6-11(15)12-10(13)4-5-16-12/h2-5,7H,6H2,1H3. The van der Waals surface area contributed by atoms with E-state index in [0.29, 0.717) is 16.3 Å². The summed E-state index contributed by atoms with van der Waals surface area (Å²) in [5.41, 5.74) is 1.87. The first-order valence-electron chi connectivity index (χ1n) is 4.84. The number of hydrogen-bond acceptors (Lipinski definition) is 3. The van der Waals surface area contributed by atoms with Crippen molar-refractivity contribution in [3.8, 4) is 0 Å². The average Bonchev–Trinajstić information content (AvgIpc) is 2.68. The van der Waals surface area contributed by atoms with Crippen LogP contribution in [-0.2, 0) is 6.42 Å². The van der Waals surface area contributed by atoms with Gasteiger partial charge in [0.25, 0.3) is 0 Å². The Bertz CT molecular complexity index is 504. The first-order valence-corrected chi connectivity index (χ1v) is 6.10.